The molecule has 4 rings (SSSR count). The Morgan fingerprint density at radius 2 is 1.73 bits per heavy atom. The second-order valence-electron chi connectivity index (χ2n) is 6.20. The minimum Gasteiger partial charge on any atom is -0.496 e. The Morgan fingerprint density at radius 1 is 1.03 bits per heavy atom. The molecular formula is C19H15Cl3N6O2. The zero-order valence-electron chi connectivity index (χ0n) is 15.9. The SMILES string of the molecule is COc1cccc(OC)c1-c1nc2c(N)ncn(Cc3c(Cl)cnc(Cl)c3Cl)c-2n1. The predicted octanol–water partition coefficient (Wildman–Crippen LogP) is 4.45. The zero-order chi connectivity index (χ0) is 21.4. The number of nitrogen functional groups attached to an aromatic ring is 1. The predicted molar refractivity (Wildman–Crippen MR) is 116 cm³/mol. The Hall–Kier alpha value is -2.81. The first-order valence-electron chi connectivity index (χ1n) is 8.62. The van der Waals surface area contributed by atoms with Gasteiger partial charge in [0.1, 0.15) is 22.2 Å². The van der Waals surface area contributed by atoms with E-state index in [1.165, 1.54) is 12.5 Å². The molecule has 0 amide bonds. The molecule has 0 radical (unpaired) electrons. The molecule has 0 fully saturated rings. The van der Waals surface area contributed by atoms with Gasteiger partial charge in [0.2, 0.25) is 0 Å². The quantitative estimate of drug-likeness (QED) is 0.435. The lowest BCUT2D eigenvalue weighted by molar-refractivity contribution is 0.397. The smallest absolute Gasteiger partial charge is 0.170 e. The number of rotatable bonds is 5. The number of anilines is 1. The molecule has 2 aliphatic heterocycles. The van der Waals surface area contributed by atoms with Gasteiger partial charge in [0.15, 0.2) is 23.2 Å². The van der Waals surface area contributed by atoms with Crippen molar-refractivity contribution in [3.63, 3.8) is 0 Å². The highest BCUT2D eigenvalue weighted by Crippen LogP contribution is 2.39. The average Bonchev–Trinajstić information content (AvgIpc) is 3.21. The summed E-state index contributed by atoms with van der Waals surface area (Å²) in [7, 11) is 3.13. The van der Waals surface area contributed by atoms with Crippen molar-refractivity contribution in [3.8, 4) is 34.4 Å². The lowest BCUT2D eigenvalue weighted by atomic mass is 10.1. The van der Waals surface area contributed by atoms with Gasteiger partial charge in [0.05, 0.1) is 37.1 Å². The summed E-state index contributed by atoms with van der Waals surface area (Å²) < 4.78 is 12.7. The summed E-state index contributed by atoms with van der Waals surface area (Å²) in [4.78, 5) is 17.4. The summed E-state index contributed by atoms with van der Waals surface area (Å²) >= 11 is 18.6. The van der Waals surface area contributed by atoms with Gasteiger partial charge >= 0.3 is 0 Å². The molecule has 0 spiro atoms. The fraction of sp³-hybridized carbons (Fsp3) is 0.158. The molecule has 1 aromatic carbocycles. The summed E-state index contributed by atoms with van der Waals surface area (Å²) in [6, 6.07) is 5.41. The molecule has 0 saturated carbocycles. The summed E-state index contributed by atoms with van der Waals surface area (Å²) in [5.41, 5.74) is 7.67. The van der Waals surface area contributed by atoms with Gasteiger partial charge in [-0.1, -0.05) is 40.9 Å². The number of methoxy groups -OCH3 is 2. The third-order valence-corrected chi connectivity index (χ3v) is 5.61. The van der Waals surface area contributed by atoms with Crippen LogP contribution in [0.4, 0.5) is 5.82 Å². The third kappa shape index (κ3) is 3.47. The monoisotopic (exact) mass is 464 g/mol. The molecule has 2 N–H and O–H groups in total. The topological polar surface area (TPSA) is 101 Å². The Balaban J connectivity index is 1.89. The molecule has 0 aliphatic carbocycles. The number of hydrogen-bond donors (Lipinski definition) is 1. The van der Waals surface area contributed by atoms with Gasteiger partial charge in [0, 0.05) is 11.8 Å². The third-order valence-electron chi connectivity index (χ3n) is 4.50. The Labute approximate surface area is 186 Å². The number of ether oxygens (including phenoxy) is 2. The molecule has 8 nitrogen and oxygen atoms in total. The molecular weight excluding hydrogens is 451 g/mol. The van der Waals surface area contributed by atoms with E-state index < -0.39 is 0 Å². The maximum atomic E-state index is 6.30. The standard InChI is InChI=1S/C19H15Cl3N6O2/c1-29-11-4-3-5-12(30-2)13(11)18-26-15-17(23)25-8-28(19(15)27-18)7-9-10(20)6-24-16(22)14(9)21/h3-6,8H,7,23H2,1-2H3. The lowest BCUT2D eigenvalue weighted by Gasteiger charge is -2.13. The van der Waals surface area contributed by atoms with Gasteiger partial charge in [-0.2, -0.15) is 0 Å². The van der Waals surface area contributed by atoms with Crippen molar-refractivity contribution in [2.24, 2.45) is 0 Å². The van der Waals surface area contributed by atoms with E-state index in [1.54, 1.807) is 30.9 Å². The molecule has 30 heavy (non-hydrogen) atoms. The van der Waals surface area contributed by atoms with Gasteiger partial charge in [0.25, 0.3) is 0 Å². The van der Waals surface area contributed by atoms with E-state index in [1.807, 2.05) is 6.07 Å². The van der Waals surface area contributed by atoms with Crippen molar-refractivity contribution in [1.29, 1.82) is 0 Å². The number of imidazole rings is 1. The molecule has 11 heteroatoms. The number of pyridine rings is 1. The Kier molecular flexibility index (Phi) is 5.55. The molecule has 0 atom stereocenters. The molecule has 154 valence electrons. The average molecular weight is 466 g/mol. The molecule has 3 heterocycles. The highest BCUT2D eigenvalue weighted by Gasteiger charge is 2.24. The van der Waals surface area contributed by atoms with E-state index >= 15 is 0 Å². The normalized spacial score (nSPS) is 11.1. The first-order chi connectivity index (χ1) is 14.4. The van der Waals surface area contributed by atoms with Crippen LogP contribution in [-0.4, -0.2) is 38.7 Å². The van der Waals surface area contributed by atoms with Crippen LogP contribution in [0.3, 0.4) is 0 Å². The Morgan fingerprint density at radius 3 is 2.40 bits per heavy atom. The highest BCUT2D eigenvalue weighted by atomic mass is 35.5. The van der Waals surface area contributed by atoms with Gasteiger partial charge in [-0.3, -0.25) is 0 Å². The Bertz CT molecular complexity index is 1190. The number of nitrogens with two attached hydrogens (primary N) is 1. The fourth-order valence-corrected chi connectivity index (χ4v) is 3.67. The number of nitrogens with zero attached hydrogens (tertiary/aromatic N) is 5. The van der Waals surface area contributed by atoms with Crippen molar-refractivity contribution in [2.75, 3.05) is 20.0 Å². The lowest BCUT2D eigenvalue weighted by Crippen LogP contribution is -2.10. The maximum Gasteiger partial charge on any atom is 0.170 e. The molecule has 0 unspecified atom stereocenters. The van der Waals surface area contributed by atoms with Gasteiger partial charge in [-0.15, -0.1) is 0 Å². The number of benzene rings is 1. The van der Waals surface area contributed by atoms with Crippen LogP contribution >= 0.6 is 34.8 Å². The molecule has 1 aromatic heterocycles. The van der Waals surface area contributed by atoms with E-state index in [0.717, 1.165) is 0 Å². The molecule has 2 aromatic rings. The second-order valence-corrected chi connectivity index (χ2v) is 7.35. The van der Waals surface area contributed by atoms with Gasteiger partial charge < -0.3 is 19.8 Å². The summed E-state index contributed by atoms with van der Waals surface area (Å²) in [6.45, 7) is 0.241. The van der Waals surface area contributed by atoms with Crippen LogP contribution in [0.1, 0.15) is 5.56 Å². The van der Waals surface area contributed by atoms with Crippen molar-refractivity contribution in [2.45, 2.75) is 6.54 Å². The van der Waals surface area contributed by atoms with Crippen LogP contribution in [0, 0.1) is 0 Å². The van der Waals surface area contributed by atoms with Crippen LogP contribution in [0.5, 0.6) is 11.5 Å². The van der Waals surface area contributed by atoms with Crippen molar-refractivity contribution < 1.29 is 9.47 Å². The first-order valence-corrected chi connectivity index (χ1v) is 9.76. The largest absolute Gasteiger partial charge is 0.496 e. The summed E-state index contributed by atoms with van der Waals surface area (Å²) in [6.07, 6.45) is 2.98. The van der Waals surface area contributed by atoms with Crippen LogP contribution in [0.15, 0.2) is 30.7 Å². The molecule has 0 saturated heterocycles. The van der Waals surface area contributed by atoms with E-state index in [0.29, 0.717) is 45.0 Å². The fourth-order valence-electron chi connectivity index (χ4n) is 3.05. The summed E-state index contributed by atoms with van der Waals surface area (Å²) in [5.74, 6) is 2.24. The second kappa shape index (κ2) is 8.14. The van der Waals surface area contributed by atoms with Crippen molar-refractivity contribution in [1.82, 2.24) is 24.5 Å². The van der Waals surface area contributed by atoms with Crippen molar-refractivity contribution >= 4 is 40.6 Å². The zero-order valence-corrected chi connectivity index (χ0v) is 18.1. The van der Waals surface area contributed by atoms with Crippen molar-refractivity contribution in [3.05, 3.63) is 51.5 Å². The van der Waals surface area contributed by atoms with E-state index in [2.05, 4.69) is 19.9 Å². The summed E-state index contributed by atoms with van der Waals surface area (Å²) in [5, 5.41) is 0.783. The molecule has 2 aliphatic rings. The highest BCUT2D eigenvalue weighted by molar-refractivity contribution is 6.43. The van der Waals surface area contributed by atoms with Crippen LogP contribution in [0.2, 0.25) is 15.2 Å². The maximum absolute atomic E-state index is 6.30. The van der Waals surface area contributed by atoms with Gasteiger partial charge in [-0.25, -0.2) is 19.9 Å². The minimum absolute atomic E-state index is 0.157. The molecule has 0 bridgehead atoms. The number of fused-ring (bicyclic) bond motifs is 1. The van der Waals surface area contributed by atoms with Crippen LogP contribution in [0.25, 0.3) is 22.9 Å². The number of hydrogen-bond acceptors (Lipinski definition) is 7. The van der Waals surface area contributed by atoms with Crippen LogP contribution in [-0.2, 0) is 6.54 Å². The van der Waals surface area contributed by atoms with E-state index in [-0.39, 0.29) is 22.5 Å². The van der Waals surface area contributed by atoms with Gasteiger partial charge in [-0.05, 0) is 12.1 Å². The number of aromatic nitrogens is 5. The number of halogens is 3. The van der Waals surface area contributed by atoms with E-state index in [9.17, 15) is 0 Å². The first kappa shape index (κ1) is 20.5. The van der Waals surface area contributed by atoms with Crippen LogP contribution < -0.4 is 15.2 Å². The minimum atomic E-state index is 0.157. The van der Waals surface area contributed by atoms with E-state index in [4.69, 9.17) is 50.0 Å².